The highest BCUT2D eigenvalue weighted by Gasteiger charge is 2.30. The van der Waals surface area contributed by atoms with E-state index in [-0.39, 0.29) is 0 Å². The Morgan fingerprint density at radius 2 is 1.79 bits per heavy atom. The largest absolute Gasteiger partial charge is 0.381 e. The first-order valence-corrected chi connectivity index (χ1v) is 7.47. The second kappa shape index (κ2) is 6.04. The number of nitrogens with one attached hydrogen (secondary N) is 1. The highest BCUT2D eigenvalue weighted by molar-refractivity contribution is 5.32. The third-order valence-electron chi connectivity index (χ3n) is 4.79. The maximum Gasteiger partial charge on any atom is 0.0468 e. The van der Waals surface area contributed by atoms with Crippen LogP contribution >= 0.6 is 0 Å². The predicted molar refractivity (Wildman–Crippen MR) is 76.6 cm³/mol. The molecule has 1 saturated heterocycles. The fourth-order valence-electron chi connectivity index (χ4n) is 3.62. The van der Waals surface area contributed by atoms with Crippen LogP contribution in [0, 0.1) is 11.8 Å². The van der Waals surface area contributed by atoms with Crippen molar-refractivity contribution in [2.75, 3.05) is 13.2 Å². The Morgan fingerprint density at radius 3 is 2.37 bits per heavy atom. The number of ether oxygens (including phenoxy) is 1. The van der Waals surface area contributed by atoms with Gasteiger partial charge in [0.05, 0.1) is 0 Å². The van der Waals surface area contributed by atoms with Gasteiger partial charge in [-0.05, 0) is 55.1 Å². The molecule has 0 radical (unpaired) electrons. The van der Waals surface area contributed by atoms with E-state index in [0.29, 0.717) is 12.0 Å². The standard InChI is InChI=1S/C16H24N2O/c17-18-16(9-12-5-7-19-8-6-12)15-10-13-3-1-2-4-14(13)11-15/h1-4,12,15-16,18H,5-11,17H2. The van der Waals surface area contributed by atoms with E-state index in [2.05, 4.69) is 29.7 Å². The third-order valence-corrected chi connectivity index (χ3v) is 4.79. The molecule has 0 amide bonds. The first kappa shape index (κ1) is 13.1. The lowest BCUT2D eigenvalue weighted by atomic mass is 9.85. The van der Waals surface area contributed by atoms with Crippen LogP contribution in [0.3, 0.4) is 0 Å². The number of benzene rings is 1. The topological polar surface area (TPSA) is 47.3 Å². The van der Waals surface area contributed by atoms with E-state index in [1.807, 2.05) is 0 Å². The van der Waals surface area contributed by atoms with Crippen LogP contribution in [-0.4, -0.2) is 19.3 Å². The van der Waals surface area contributed by atoms with E-state index >= 15 is 0 Å². The second-order valence-electron chi connectivity index (χ2n) is 6.00. The average molecular weight is 260 g/mol. The Hall–Kier alpha value is -0.900. The number of fused-ring (bicyclic) bond motifs is 1. The molecule has 19 heavy (non-hydrogen) atoms. The minimum atomic E-state index is 0.440. The third kappa shape index (κ3) is 2.99. The number of hydrazine groups is 1. The quantitative estimate of drug-likeness (QED) is 0.643. The van der Waals surface area contributed by atoms with Gasteiger partial charge in [0.1, 0.15) is 0 Å². The molecule has 3 nitrogen and oxygen atoms in total. The van der Waals surface area contributed by atoms with Crippen LogP contribution in [0.25, 0.3) is 0 Å². The molecular formula is C16H24N2O. The van der Waals surface area contributed by atoms with Crippen molar-refractivity contribution in [3.8, 4) is 0 Å². The van der Waals surface area contributed by atoms with Gasteiger partial charge in [-0.3, -0.25) is 11.3 Å². The van der Waals surface area contributed by atoms with Gasteiger partial charge in [-0.1, -0.05) is 24.3 Å². The maximum absolute atomic E-state index is 5.82. The molecule has 1 atom stereocenters. The summed E-state index contributed by atoms with van der Waals surface area (Å²) in [6.45, 7) is 1.85. The van der Waals surface area contributed by atoms with Gasteiger partial charge in [-0.2, -0.15) is 0 Å². The molecule has 0 bridgehead atoms. The van der Waals surface area contributed by atoms with E-state index < -0.39 is 0 Å². The Kier molecular flexibility index (Phi) is 4.16. The molecule has 1 unspecified atom stereocenters. The van der Waals surface area contributed by atoms with Gasteiger partial charge in [-0.15, -0.1) is 0 Å². The van der Waals surface area contributed by atoms with Gasteiger partial charge in [0.2, 0.25) is 0 Å². The molecule has 0 aromatic heterocycles. The smallest absolute Gasteiger partial charge is 0.0468 e. The van der Waals surface area contributed by atoms with Crippen LogP contribution in [0.15, 0.2) is 24.3 Å². The normalized spacial score (nSPS) is 22.4. The van der Waals surface area contributed by atoms with E-state index in [1.54, 1.807) is 0 Å². The van der Waals surface area contributed by atoms with Gasteiger partial charge < -0.3 is 4.74 Å². The fourth-order valence-corrected chi connectivity index (χ4v) is 3.62. The number of nitrogens with two attached hydrogens (primary N) is 1. The summed E-state index contributed by atoms with van der Waals surface area (Å²) in [5, 5.41) is 0. The number of hydrogen-bond acceptors (Lipinski definition) is 3. The van der Waals surface area contributed by atoms with Gasteiger partial charge >= 0.3 is 0 Å². The summed E-state index contributed by atoms with van der Waals surface area (Å²) in [6.07, 6.45) is 5.93. The summed E-state index contributed by atoms with van der Waals surface area (Å²) in [4.78, 5) is 0. The van der Waals surface area contributed by atoms with Crippen molar-refractivity contribution in [3.63, 3.8) is 0 Å². The Labute approximate surface area is 115 Å². The summed E-state index contributed by atoms with van der Waals surface area (Å²) >= 11 is 0. The average Bonchev–Trinajstić information content (AvgIpc) is 2.89. The highest BCUT2D eigenvalue weighted by Crippen LogP contribution is 2.32. The van der Waals surface area contributed by atoms with Crippen molar-refractivity contribution < 1.29 is 4.74 Å². The van der Waals surface area contributed by atoms with E-state index in [9.17, 15) is 0 Å². The lowest BCUT2D eigenvalue weighted by Crippen LogP contribution is -2.43. The number of hydrogen-bond donors (Lipinski definition) is 2. The van der Waals surface area contributed by atoms with Crippen molar-refractivity contribution >= 4 is 0 Å². The molecule has 1 aliphatic heterocycles. The SMILES string of the molecule is NNC(CC1CCOCC1)C1Cc2ccccc2C1. The molecule has 1 aromatic carbocycles. The zero-order valence-corrected chi connectivity index (χ0v) is 11.5. The van der Waals surface area contributed by atoms with Crippen LogP contribution in [-0.2, 0) is 17.6 Å². The Balaban J connectivity index is 1.61. The molecule has 3 N–H and O–H groups in total. The maximum atomic E-state index is 5.82. The molecule has 1 heterocycles. The zero-order valence-electron chi connectivity index (χ0n) is 11.5. The van der Waals surface area contributed by atoms with Gasteiger partial charge in [0.15, 0.2) is 0 Å². The fraction of sp³-hybridized carbons (Fsp3) is 0.625. The summed E-state index contributed by atoms with van der Waals surface area (Å²) < 4.78 is 5.44. The van der Waals surface area contributed by atoms with Crippen LogP contribution in [0.2, 0.25) is 0 Å². The first-order valence-electron chi connectivity index (χ1n) is 7.47. The summed E-state index contributed by atoms with van der Waals surface area (Å²) in [5.74, 6) is 7.26. The molecule has 1 fully saturated rings. The van der Waals surface area contributed by atoms with Crippen molar-refractivity contribution in [2.45, 2.75) is 38.1 Å². The molecule has 3 heteroatoms. The van der Waals surface area contributed by atoms with Crippen LogP contribution in [0.1, 0.15) is 30.4 Å². The van der Waals surface area contributed by atoms with E-state index in [4.69, 9.17) is 10.6 Å². The molecule has 0 spiro atoms. The highest BCUT2D eigenvalue weighted by atomic mass is 16.5. The summed E-state index contributed by atoms with van der Waals surface area (Å²) in [6, 6.07) is 9.25. The summed E-state index contributed by atoms with van der Waals surface area (Å²) in [7, 11) is 0. The molecule has 1 aromatic rings. The lowest BCUT2D eigenvalue weighted by molar-refractivity contribution is 0.0580. The van der Waals surface area contributed by atoms with Crippen molar-refractivity contribution in [2.24, 2.45) is 17.7 Å². The molecule has 1 aliphatic carbocycles. The molecule has 2 aliphatic rings. The monoisotopic (exact) mass is 260 g/mol. The Morgan fingerprint density at radius 1 is 1.16 bits per heavy atom. The van der Waals surface area contributed by atoms with Gasteiger partial charge in [0, 0.05) is 19.3 Å². The number of rotatable bonds is 4. The van der Waals surface area contributed by atoms with E-state index in [1.165, 1.54) is 43.2 Å². The first-order chi connectivity index (χ1) is 9.36. The van der Waals surface area contributed by atoms with Crippen molar-refractivity contribution in [1.29, 1.82) is 0 Å². The summed E-state index contributed by atoms with van der Waals surface area (Å²) in [5.41, 5.74) is 6.11. The van der Waals surface area contributed by atoms with Crippen LogP contribution < -0.4 is 11.3 Å². The van der Waals surface area contributed by atoms with Crippen LogP contribution in [0.4, 0.5) is 0 Å². The van der Waals surface area contributed by atoms with Crippen molar-refractivity contribution in [1.82, 2.24) is 5.43 Å². The Bertz CT molecular complexity index is 390. The van der Waals surface area contributed by atoms with Crippen molar-refractivity contribution in [3.05, 3.63) is 35.4 Å². The van der Waals surface area contributed by atoms with E-state index in [0.717, 1.165) is 19.1 Å². The molecular weight excluding hydrogens is 236 g/mol. The molecule has 0 saturated carbocycles. The van der Waals surface area contributed by atoms with Gasteiger partial charge in [0.25, 0.3) is 0 Å². The predicted octanol–water partition coefficient (Wildman–Crippen LogP) is 2.05. The minimum Gasteiger partial charge on any atom is -0.381 e. The van der Waals surface area contributed by atoms with Crippen LogP contribution in [0.5, 0.6) is 0 Å². The minimum absolute atomic E-state index is 0.440. The van der Waals surface area contributed by atoms with Gasteiger partial charge in [-0.25, -0.2) is 0 Å². The lowest BCUT2D eigenvalue weighted by Gasteiger charge is -2.29. The zero-order chi connectivity index (χ0) is 13.1. The second-order valence-corrected chi connectivity index (χ2v) is 6.00. The molecule has 104 valence electrons. The molecule has 3 rings (SSSR count).